The first-order valence-corrected chi connectivity index (χ1v) is 8.56. The molecule has 21 heavy (non-hydrogen) atoms. The fourth-order valence-corrected chi connectivity index (χ4v) is 4.62. The highest BCUT2D eigenvalue weighted by molar-refractivity contribution is 8.00. The first kappa shape index (κ1) is 14.6. The summed E-state index contributed by atoms with van der Waals surface area (Å²) in [4.78, 5) is 5.43. The average Bonchev–Trinajstić information content (AvgIpc) is 2.52. The van der Waals surface area contributed by atoms with Crippen molar-refractivity contribution in [1.82, 2.24) is 10.3 Å². The predicted octanol–water partition coefficient (Wildman–Crippen LogP) is 4.40. The number of nitrogens with one attached hydrogen (secondary N) is 1. The van der Waals surface area contributed by atoms with Crippen molar-refractivity contribution in [2.75, 3.05) is 6.54 Å². The Morgan fingerprint density at radius 2 is 1.86 bits per heavy atom. The molecule has 3 rings (SSSR count). The Labute approximate surface area is 131 Å². The summed E-state index contributed by atoms with van der Waals surface area (Å²) in [6, 6.07) is 13.6. The molecule has 1 aromatic carbocycles. The van der Waals surface area contributed by atoms with E-state index in [0.717, 1.165) is 6.54 Å². The fourth-order valence-electron chi connectivity index (χ4n) is 3.22. The van der Waals surface area contributed by atoms with Crippen LogP contribution >= 0.6 is 11.8 Å². The third-order valence-corrected chi connectivity index (χ3v) is 5.49. The number of hydrogen-bond donors (Lipinski definition) is 1. The van der Waals surface area contributed by atoms with Gasteiger partial charge in [-0.25, -0.2) is 0 Å². The molecule has 0 saturated carbocycles. The van der Waals surface area contributed by atoms with Crippen LogP contribution in [0, 0.1) is 0 Å². The molecule has 1 heterocycles. The quantitative estimate of drug-likeness (QED) is 0.905. The minimum absolute atomic E-state index is 0.431. The van der Waals surface area contributed by atoms with E-state index in [1.54, 1.807) is 0 Å². The van der Waals surface area contributed by atoms with Gasteiger partial charge in [0.1, 0.15) is 0 Å². The molecule has 1 N–H and O–H groups in total. The highest BCUT2D eigenvalue weighted by Crippen LogP contribution is 2.44. The summed E-state index contributed by atoms with van der Waals surface area (Å²) >= 11 is 1.98. The standard InChI is InChI=1S/C18H22N2S/c1-3-20-18-16-7-5-4-6-15(16)13(2)12-17(18)21-14-8-10-19-11-9-14/h4-11,13,17-18,20H,3,12H2,1-2H3. The third-order valence-electron chi connectivity index (χ3n) is 4.18. The molecule has 0 fully saturated rings. The number of benzene rings is 1. The van der Waals surface area contributed by atoms with E-state index in [1.165, 1.54) is 22.4 Å². The maximum Gasteiger partial charge on any atom is 0.0447 e. The van der Waals surface area contributed by atoms with Gasteiger partial charge in [-0.3, -0.25) is 4.98 Å². The van der Waals surface area contributed by atoms with Gasteiger partial charge < -0.3 is 5.32 Å². The van der Waals surface area contributed by atoms with Crippen LogP contribution < -0.4 is 5.32 Å². The summed E-state index contributed by atoms with van der Waals surface area (Å²) < 4.78 is 0. The van der Waals surface area contributed by atoms with Crippen LogP contribution in [0.15, 0.2) is 53.7 Å². The summed E-state index contributed by atoms with van der Waals surface area (Å²) in [5.41, 5.74) is 2.99. The Bertz CT molecular complexity index is 585. The van der Waals surface area contributed by atoms with E-state index in [2.05, 4.69) is 60.5 Å². The second-order valence-electron chi connectivity index (χ2n) is 5.64. The van der Waals surface area contributed by atoms with E-state index in [9.17, 15) is 0 Å². The number of nitrogens with zero attached hydrogens (tertiary/aromatic N) is 1. The molecule has 1 aliphatic rings. The van der Waals surface area contributed by atoms with Crippen molar-refractivity contribution in [3.05, 3.63) is 59.9 Å². The number of hydrogen-bond acceptors (Lipinski definition) is 3. The van der Waals surface area contributed by atoms with Gasteiger partial charge in [-0.1, -0.05) is 38.1 Å². The van der Waals surface area contributed by atoms with Crippen LogP contribution in [0.25, 0.3) is 0 Å². The summed E-state index contributed by atoms with van der Waals surface area (Å²) in [7, 11) is 0. The first-order valence-electron chi connectivity index (χ1n) is 7.68. The minimum atomic E-state index is 0.431. The molecule has 1 aromatic heterocycles. The number of rotatable bonds is 4. The van der Waals surface area contributed by atoms with Crippen LogP contribution in [-0.4, -0.2) is 16.8 Å². The van der Waals surface area contributed by atoms with Gasteiger partial charge in [-0.2, -0.15) is 0 Å². The summed E-state index contributed by atoms with van der Waals surface area (Å²) in [6.07, 6.45) is 4.97. The zero-order valence-electron chi connectivity index (χ0n) is 12.6. The van der Waals surface area contributed by atoms with Crippen LogP contribution in [0.5, 0.6) is 0 Å². The second-order valence-corrected chi connectivity index (χ2v) is 6.95. The maximum atomic E-state index is 4.12. The molecule has 0 bridgehead atoms. The molecule has 2 aromatic rings. The van der Waals surface area contributed by atoms with Crippen molar-refractivity contribution < 1.29 is 0 Å². The normalized spacial score (nSPS) is 24.6. The first-order chi connectivity index (χ1) is 10.3. The Morgan fingerprint density at radius 1 is 1.14 bits per heavy atom. The second kappa shape index (κ2) is 6.63. The molecule has 0 spiro atoms. The van der Waals surface area contributed by atoms with E-state index < -0.39 is 0 Å². The molecule has 3 heteroatoms. The monoisotopic (exact) mass is 298 g/mol. The van der Waals surface area contributed by atoms with Gasteiger partial charge in [0.2, 0.25) is 0 Å². The van der Waals surface area contributed by atoms with Gasteiger partial charge in [0.05, 0.1) is 0 Å². The Morgan fingerprint density at radius 3 is 2.57 bits per heavy atom. The molecule has 2 nitrogen and oxygen atoms in total. The molecular formula is C18H22N2S. The SMILES string of the molecule is CCNC1c2ccccc2C(C)CC1Sc1ccncc1. The number of pyridine rings is 1. The van der Waals surface area contributed by atoms with E-state index in [4.69, 9.17) is 0 Å². The minimum Gasteiger partial charge on any atom is -0.309 e. The van der Waals surface area contributed by atoms with E-state index >= 15 is 0 Å². The van der Waals surface area contributed by atoms with Crippen LogP contribution in [0.3, 0.4) is 0 Å². The molecule has 1 aliphatic carbocycles. The lowest BCUT2D eigenvalue weighted by atomic mass is 9.80. The number of aromatic nitrogens is 1. The van der Waals surface area contributed by atoms with Crippen molar-refractivity contribution >= 4 is 11.8 Å². The molecule has 0 amide bonds. The lowest BCUT2D eigenvalue weighted by Crippen LogP contribution is -2.35. The highest BCUT2D eigenvalue weighted by Gasteiger charge is 2.32. The molecular weight excluding hydrogens is 276 g/mol. The molecule has 0 saturated heterocycles. The molecule has 110 valence electrons. The van der Waals surface area contributed by atoms with Gasteiger partial charge in [0, 0.05) is 28.6 Å². The van der Waals surface area contributed by atoms with Crippen molar-refractivity contribution in [3.8, 4) is 0 Å². The van der Waals surface area contributed by atoms with E-state index in [-0.39, 0.29) is 0 Å². The Hall–Kier alpha value is -1.32. The van der Waals surface area contributed by atoms with Gasteiger partial charge >= 0.3 is 0 Å². The average molecular weight is 298 g/mol. The smallest absolute Gasteiger partial charge is 0.0447 e. The zero-order chi connectivity index (χ0) is 14.7. The molecule has 0 radical (unpaired) electrons. The number of fused-ring (bicyclic) bond motifs is 1. The van der Waals surface area contributed by atoms with Gasteiger partial charge in [-0.05, 0) is 42.1 Å². The Kier molecular flexibility index (Phi) is 4.61. The topological polar surface area (TPSA) is 24.9 Å². The van der Waals surface area contributed by atoms with E-state index in [1.807, 2.05) is 24.2 Å². The Balaban J connectivity index is 1.90. The molecule has 0 aliphatic heterocycles. The molecule has 3 unspecified atom stereocenters. The maximum absolute atomic E-state index is 4.12. The van der Waals surface area contributed by atoms with Crippen molar-refractivity contribution in [3.63, 3.8) is 0 Å². The van der Waals surface area contributed by atoms with Crippen LogP contribution in [0.4, 0.5) is 0 Å². The lowest BCUT2D eigenvalue weighted by Gasteiger charge is -2.37. The highest BCUT2D eigenvalue weighted by atomic mass is 32.2. The largest absolute Gasteiger partial charge is 0.309 e. The third kappa shape index (κ3) is 3.14. The van der Waals surface area contributed by atoms with E-state index in [0.29, 0.717) is 17.2 Å². The predicted molar refractivity (Wildman–Crippen MR) is 89.8 cm³/mol. The van der Waals surface area contributed by atoms with Crippen molar-refractivity contribution in [2.24, 2.45) is 0 Å². The lowest BCUT2D eigenvalue weighted by molar-refractivity contribution is 0.453. The van der Waals surface area contributed by atoms with Crippen molar-refractivity contribution in [1.29, 1.82) is 0 Å². The van der Waals surface area contributed by atoms with Gasteiger partial charge in [-0.15, -0.1) is 11.8 Å². The van der Waals surface area contributed by atoms with Gasteiger partial charge in [0.15, 0.2) is 0 Å². The van der Waals surface area contributed by atoms with Gasteiger partial charge in [0.25, 0.3) is 0 Å². The molecule has 3 atom stereocenters. The van der Waals surface area contributed by atoms with Crippen molar-refractivity contribution in [2.45, 2.75) is 42.4 Å². The van der Waals surface area contributed by atoms with Crippen LogP contribution in [0.1, 0.15) is 43.4 Å². The van der Waals surface area contributed by atoms with Crippen LogP contribution in [-0.2, 0) is 0 Å². The summed E-state index contributed by atoms with van der Waals surface area (Å²) in [5, 5.41) is 4.26. The van der Waals surface area contributed by atoms with Crippen LogP contribution in [0.2, 0.25) is 0 Å². The fraction of sp³-hybridized carbons (Fsp3) is 0.389. The summed E-state index contributed by atoms with van der Waals surface area (Å²) in [5.74, 6) is 0.621. The number of thioether (sulfide) groups is 1. The zero-order valence-corrected chi connectivity index (χ0v) is 13.4. The summed E-state index contributed by atoms with van der Waals surface area (Å²) in [6.45, 7) is 5.54.